The summed E-state index contributed by atoms with van der Waals surface area (Å²) in [6, 6.07) is 10.6. The van der Waals surface area contributed by atoms with Crippen LogP contribution in [0.5, 0.6) is 5.75 Å². The lowest BCUT2D eigenvalue weighted by atomic mass is 10.2. The van der Waals surface area contributed by atoms with Crippen LogP contribution in [-0.2, 0) is 0 Å². The quantitative estimate of drug-likeness (QED) is 0.804. The van der Waals surface area contributed by atoms with Gasteiger partial charge in [0, 0.05) is 29.0 Å². The summed E-state index contributed by atoms with van der Waals surface area (Å²) < 4.78 is 6.87. The Bertz CT molecular complexity index is 858. The number of ether oxygens (including phenoxy) is 1. The van der Waals surface area contributed by atoms with E-state index in [1.165, 1.54) is 0 Å². The standard InChI is InChI=1S/C16H14ClN3O2/c1-10-15(20-7-6-11(17)8-14(20)18-10)16(21)19-12-4-3-5-13(9-12)22-2/h3-9H,1-2H3,(H,19,21). The molecule has 0 saturated carbocycles. The average molecular weight is 316 g/mol. The second-order valence-electron chi connectivity index (χ2n) is 4.81. The molecule has 0 aliphatic carbocycles. The summed E-state index contributed by atoms with van der Waals surface area (Å²) in [6.45, 7) is 1.79. The maximum atomic E-state index is 12.5. The molecule has 6 heteroatoms. The van der Waals surface area contributed by atoms with Gasteiger partial charge in [-0.15, -0.1) is 0 Å². The van der Waals surface area contributed by atoms with Gasteiger partial charge in [0.1, 0.15) is 17.1 Å². The van der Waals surface area contributed by atoms with Gasteiger partial charge in [-0.1, -0.05) is 17.7 Å². The monoisotopic (exact) mass is 315 g/mol. The molecule has 2 aromatic heterocycles. The first-order valence-corrected chi connectivity index (χ1v) is 7.06. The first-order chi connectivity index (χ1) is 10.6. The Balaban J connectivity index is 1.96. The zero-order chi connectivity index (χ0) is 15.7. The Labute approximate surface area is 132 Å². The molecule has 112 valence electrons. The van der Waals surface area contributed by atoms with Crippen molar-refractivity contribution in [3.63, 3.8) is 0 Å². The van der Waals surface area contributed by atoms with Crippen LogP contribution in [0.15, 0.2) is 42.6 Å². The van der Waals surface area contributed by atoms with Crippen molar-refractivity contribution < 1.29 is 9.53 Å². The van der Waals surface area contributed by atoms with E-state index in [4.69, 9.17) is 16.3 Å². The lowest BCUT2D eigenvalue weighted by Crippen LogP contribution is -2.15. The maximum absolute atomic E-state index is 12.5. The summed E-state index contributed by atoms with van der Waals surface area (Å²) in [5.41, 5.74) is 2.42. The van der Waals surface area contributed by atoms with E-state index in [9.17, 15) is 4.79 Å². The third-order valence-corrected chi connectivity index (χ3v) is 3.54. The summed E-state index contributed by atoms with van der Waals surface area (Å²) in [6.07, 6.45) is 1.73. The van der Waals surface area contributed by atoms with E-state index in [1.54, 1.807) is 48.9 Å². The van der Waals surface area contributed by atoms with Gasteiger partial charge in [-0.05, 0) is 25.1 Å². The maximum Gasteiger partial charge on any atom is 0.274 e. The van der Waals surface area contributed by atoms with Crippen LogP contribution in [0.2, 0.25) is 5.02 Å². The predicted octanol–water partition coefficient (Wildman–Crippen LogP) is 3.56. The molecule has 0 bridgehead atoms. The van der Waals surface area contributed by atoms with Crippen molar-refractivity contribution in [3.05, 3.63) is 59.0 Å². The van der Waals surface area contributed by atoms with Crippen molar-refractivity contribution in [2.75, 3.05) is 12.4 Å². The number of halogens is 1. The molecule has 1 aromatic carbocycles. The largest absolute Gasteiger partial charge is 0.497 e. The SMILES string of the molecule is COc1cccc(NC(=O)c2c(C)nc3cc(Cl)ccn23)c1. The molecule has 0 aliphatic rings. The van der Waals surface area contributed by atoms with Crippen molar-refractivity contribution in [2.45, 2.75) is 6.92 Å². The van der Waals surface area contributed by atoms with E-state index in [2.05, 4.69) is 10.3 Å². The fourth-order valence-corrected chi connectivity index (χ4v) is 2.46. The fourth-order valence-electron chi connectivity index (χ4n) is 2.30. The van der Waals surface area contributed by atoms with Gasteiger partial charge in [0.05, 0.1) is 12.8 Å². The van der Waals surface area contributed by atoms with Crippen molar-refractivity contribution in [2.24, 2.45) is 0 Å². The van der Waals surface area contributed by atoms with Gasteiger partial charge in [0.15, 0.2) is 0 Å². The first kappa shape index (κ1) is 14.4. The highest BCUT2D eigenvalue weighted by Gasteiger charge is 2.17. The molecule has 0 spiro atoms. The number of pyridine rings is 1. The van der Waals surface area contributed by atoms with Gasteiger partial charge < -0.3 is 10.1 Å². The molecule has 0 radical (unpaired) electrons. The number of nitrogens with one attached hydrogen (secondary N) is 1. The van der Waals surface area contributed by atoms with Crippen LogP contribution in [0.4, 0.5) is 5.69 Å². The lowest BCUT2D eigenvalue weighted by Gasteiger charge is -2.07. The van der Waals surface area contributed by atoms with E-state index < -0.39 is 0 Å². The second kappa shape index (κ2) is 5.69. The molecule has 0 fully saturated rings. The number of amides is 1. The van der Waals surface area contributed by atoms with Crippen LogP contribution in [0.1, 0.15) is 16.2 Å². The summed E-state index contributed by atoms with van der Waals surface area (Å²) in [5, 5.41) is 3.43. The molecule has 0 saturated heterocycles. The Morgan fingerprint density at radius 3 is 2.91 bits per heavy atom. The smallest absolute Gasteiger partial charge is 0.274 e. The first-order valence-electron chi connectivity index (χ1n) is 6.68. The minimum Gasteiger partial charge on any atom is -0.497 e. The minimum atomic E-state index is -0.236. The molecule has 1 amide bonds. The molecule has 3 rings (SSSR count). The van der Waals surface area contributed by atoms with Crippen molar-refractivity contribution in [1.82, 2.24) is 9.38 Å². The highest BCUT2D eigenvalue weighted by Crippen LogP contribution is 2.20. The van der Waals surface area contributed by atoms with Crippen molar-refractivity contribution in [3.8, 4) is 5.75 Å². The Morgan fingerprint density at radius 2 is 2.14 bits per heavy atom. The van der Waals surface area contributed by atoms with Gasteiger partial charge in [0.2, 0.25) is 0 Å². The average Bonchev–Trinajstić information content (AvgIpc) is 2.82. The summed E-state index contributed by atoms with van der Waals surface area (Å²) in [5.74, 6) is 0.444. The molecule has 1 N–H and O–H groups in total. The number of nitrogens with zero attached hydrogens (tertiary/aromatic N) is 2. The highest BCUT2D eigenvalue weighted by atomic mass is 35.5. The van der Waals surface area contributed by atoms with E-state index >= 15 is 0 Å². The normalized spacial score (nSPS) is 10.7. The number of aryl methyl sites for hydroxylation is 1. The number of aromatic nitrogens is 2. The third kappa shape index (κ3) is 2.63. The molecule has 0 atom stereocenters. The third-order valence-electron chi connectivity index (χ3n) is 3.31. The Kier molecular flexibility index (Phi) is 3.73. The minimum absolute atomic E-state index is 0.236. The number of fused-ring (bicyclic) bond motifs is 1. The number of rotatable bonds is 3. The number of methoxy groups -OCH3 is 1. The van der Waals surface area contributed by atoms with Gasteiger partial charge in [-0.3, -0.25) is 9.20 Å². The number of hydrogen-bond donors (Lipinski definition) is 1. The molecular weight excluding hydrogens is 302 g/mol. The zero-order valence-electron chi connectivity index (χ0n) is 12.1. The van der Waals surface area contributed by atoms with Crippen molar-refractivity contribution >= 4 is 28.8 Å². The molecule has 0 unspecified atom stereocenters. The topological polar surface area (TPSA) is 55.6 Å². The molecule has 5 nitrogen and oxygen atoms in total. The van der Waals surface area contributed by atoms with Crippen LogP contribution in [0.25, 0.3) is 5.65 Å². The number of anilines is 1. The van der Waals surface area contributed by atoms with Crippen LogP contribution >= 0.6 is 11.6 Å². The van der Waals surface area contributed by atoms with Crippen molar-refractivity contribution in [1.29, 1.82) is 0 Å². The summed E-state index contributed by atoms with van der Waals surface area (Å²) in [4.78, 5) is 16.9. The zero-order valence-corrected chi connectivity index (χ0v) is 12.9. The number of carbonyl (C=O) groups excluding carboxylic acids is 1. The molecular formula is C16H14ClN3O2. The number of imidazole rings is 1. The van der Waals surface area contributed by atoms with Gasteiger partial charge in [-0.2, -0.15) is 0 Å². The number of hydrogen-bond acceptors (Lipinski definition) is 3. The number of benzene rings is 1. The van der Waals surface area contributed by atoms with Gasteiger partial charge in [-0.25, -0.2) is 4.98 Å². The van der Waals surface area contributed by atoms with E-state index in [-0.39, 0.29) is 5.91 Å². The summed E-state index contributed by atoms with van der Waals surface area (Å²) >= 11 is 5.96. The molecule has 3 aromatic rings. The molecule has 2 heterocycles. The number of carbonyl (C=O) groups is 1. The Hall–Kier alpha value is -2.53. The van der Waals surface area contributed by atoms with Gasteiger partial charge in [0.25, 0.3) is 5.91 Å². The fraction of sp³-hybridized carbons (Fsp3) is 0.125. The van der Waals surface area contributed by atoms with E-state index in [0.29, 0.717) is 33.5 Å². The van der Waals surface area contributed by atoms with Crippen LogP contribution in [0, 0.1) is 6.92 Å². The van der Waals surface area contributed by atoms with Crippen LogP contribution < -0.4 is 10.1 Å². The molecule has 22 heavy (non-hydrogen) atoms. The van der Waals surface area contributed by atoms with E-state index in [1.807, 2.05) is 12.1 Å². The second-order valence-corrected chi connectivity index (χ2v) is 5.24. The van der Waals surface area contributed by atoms with Gasteiger partial charge >= 0.3 is 0 Å². The van der Waals surface area contributed by atoms with E-state index in [0.717, 1.165) is 0 Å². The van der Waals surface area contributed by atoms with Crippen LogP contribution in [-0.4, -0.2) is 22.4 Å². The Morgan fingerprint density at radius 1 is 1.32 bits per heavy atom. The molecule has 0 aliphatic heterocycles. The highest BCUT2D eigenvalue weighted by molar-refractivity contribution is 6.30. The lowest BCUT2D eigenvalue weighted by molar-refractivity contribution is 0.102. The predicted molar refractivity (Wildman–Crippen MR) is 85.9 cm³/mol. The van der Waals surface area contributed by atoms with Crippen LogP contribution in [0.3, 0.4) is 0 Å². The summed E-state index contributed by atoms with van der Waals surface area (Å²) in [7, 11) is 1.58.